The number of aromatic nitrogens is 2. The molecule has 1 unspecified atom stereocenters. The number of nitrogens with zero attached hydrogens (tertiary/aromatic N) is 5. The normalized spacial score (nSPS) is 21.3. The largest absolute Gasteiger partial charge is 0.493 e. The van der Waals surface area contributed by atoms with Crippen LogP contribution in [0.3, 0.4) is 0 Å². The molecular weight excluding hydrogens is 530 g/mol. The molecule has 1 atom stereocenters. The van der Waals surface area contributed by atoms with Gasteiger partial charge >= 0.3 is 0 Å². The maximum absolute atomic E-state index is 13.9. The van der Waals surface area contributed by atoms with Crippen molar-refractivity contribution in [3.8, 4) is 11.5 Å². The second kappa shape index (κ2) is 13.6. The number of fused-ring (bicyclic) bond motifs is 1. The van der Waals surface area contributed by atoms with E-state index in [0.717, 1.165) is 44.3 Å². The van der Waals surface area contributed by atoms with E-state index in [1.807, 2.05) is 17.0 Å². The van der Waals surface area contributed by atoms with Gasteiger partial charge in [0.2, 0.25) is 5.95 Å². The summed E-state index contributed by atoms with van der Waals surface area (Å²) >= 11 is 0. The van der Waals surface area contributed by atoms with Crippen molar-refractivity contribution in [2.24, 2.45) is 0 Å². The zero-order chi connectivity index (χ0) is 28.8. The highest BCUT2D eigenvalue weighted by atomic mass is 19.3. The molecule has 1 aromatic carbocycles. The summed E-state index contributed by atoms with van der Waals surface area (Å²) in [6.45, 7) is 9.28. The predicted octanol–water partition coefficient (Wildman–Crippen LogP) is 4.65. The highest BCUT2D eigenvalue weighted by Gasteiger charge is 2.35. The number of benzene rings is 1. The van der Waals surface area contributed by atoms with Gasteiger partial charge < -0.3 is 29.3 Å². The van der Waals surface area contributed by atoms with Gasteiger partial charge in [-0.2, -0.15) is 4.98 Å². The summed E-state index contributed by atoms with van der Waals surface area (Å²) < 4.78 is 45.3. The molecule has 0 radical (unpaired) electrons. The minimum absolute atomic E-state index is 0.195. The fourth-order valence-electron chi connectivity index (χ4n) is 6.11. The first-order chi connectivity index (χ1) is 19.8. The van der Waals surface area contributed by atoms with Gasteiger partial charge in [0.1, 0.15) is 5.82 Å². The topological polar surface area (TPSA) is 75.2 Å². The van der Waals surface area contributed by atoms with E-state index in [0.29, 0.717) is 48.0 Å². The van der Waals surface area contributed by atoms with Crippen molar-refractivity contribution in [1.82, 2.24) is 19.8 Å². The molecule has 9 nitrogen and oxygen atoms in total. The molecule has 0 saturated carbocycles. The lowest BCUT2D eigenvalue weighted by atomic mass is 10.1. The van der Waals surface area contributed by atoms with Crippen LogP contribution in [0.4, 0.5) is 20.5 Å². The molecule has 1 aromatic heterocycles. The van der Waals surface area contributed by atoms with E-state index in [4.69, 9.17) is 24.2 Å². The van der Waals surface area contributed by atoms with Crippen LogP contribution in [0.5, 0.6) is 11.5 Å². The SMILES string of the molecule is COc1cc2c(NCC(C)N3CCC(OC)CC3)nc(N3CCC(F)(F)CC3)nc2cc1OCCCN1CCCC1. The summed E-state index contributed by atoms with van der Waals surface area (Å²) in [5.74, 6) is -0.222. The van der Waals surface area contributed by atoms with Crippen molar-refractivity contribution in [2.45, 2.75) is 69.9 Å². The van der Waals surface area contributed by atoms with Crippen LogP contribution >= 0.6 is 0 Å². The van der Waals surface area contributed by atoms with Gasteiger partial charge in [-0.25, -0.2) is 13.8 Å². The predicted molar refractivity (Wildman–Crippen MR) is 158 cm³/mol. The van der Waals surface area contributed by atoms with Gasteiger partial charge in [-0.15, -0.1) is 0 Å². The first kappa shape index (κ1) is 30.0. The number of piperidine rings is 2. The van der Waals surface area contributed by atoms with Crippen LogP contribution < -0.4 is 19.7 Å². The summed E-state index contributed by atoms with van der Waals surface area (Å²) in [4.78, 5) is 16.5. The number of methoxy groups -OCH3 is 2. The van der Waals surface area contributed by atoms with Gasteiger partial charge in [0.25, 0.3) is 5.92 Å². The van der Waals surface area contributed by atoms with Crippen molar-refractivity contribution in [3.05, 3.63) is 12.1 Å². The maximum Gasteiger partial charge on any atom is 0.251 e. The third kappa shape index (κ3) is 7.67. The lowest BCUT2D eigenvalue weighted by molar-refractivity contribution is -0.0222. The van der Waals surface area contributed by atoms with Gasteiger partial charge in [0, 0.05) is 76.7 Å². The molecule has 3 fully saturated rings. The first-order valence-electron chi connectivity index (χ1n) is 15.2. The van der Waals surface area contributed by atoms with Crippen molar-refractivity contribution in [2.75, 3.05) is 83.4 Å². The molecule has 0 bridgehead atoms. The number of anilines is 2. The van der Waals surface area contributed by atoms with Crippen molar-refractivity contribution < 1.29 is 23.0 Å². The zero-order valence-electron chi connectivity index (χ0n) is 24.8. The van der Waals surface area contributed by atoms with E-state index in [2.05, 4.69) is 22.0 Å². The number of hydrogen-bond donors (Lipinski definition) is 1. The van der Waals surface area contributed by atoms with Gasteiger partial charge in [-0.1, -0.05) is 0 Å². The highest BCUT2D eigenvalue weighted by molar-refractivity contribution is 5.92. The van der Waals surface area contributed by atoms with E-state index in [-0.39, 0.29) is 32.0 Å². The molecule has 2 aromatic rings. The molecule has 11 heteroatoms. The van der Waals surface area contributed by atoms with Crippen LogP contribution in [0.15, 0.2) is 12.1 Å². The number of hydrogen-bond acceptors (Lipinski definition) is 9. The van der Waals surface area contributed by atoms with Crippen molar-refractivity contribution in [3.63, 3.8) is 0 Å². The summed E-state index contributed by atoms with van der Waals surface area (Å²) in [6.07, 6.45) is 5.48. The van der Waals surface area contributed by atoms with Gasteiger partial charge in [0.05, 0.1) is 25.3 Å². The third-order valence-corrected chi connectivity index (χ3v) is 8.82. The summed E-state index contributed by atoms with van der Waals surface area (Å²) in [5, 5.41) is 4.38. The van der Waals surface area contributed by atoms with E-state index in [1.54, 1.807) is 14.2 Å². The summed E-state index contributed by atoms with van der Waals surface area (Å²) in [6, 6.07) is 4.11. The summed E-state index contributed by atoms with van der Waals surface area (Å²) in [7, 11) is 3.42. The molecule has 228 valence electrons. The minimum atomic E-state index is -2.64. The van der Waals surface area contributed by atoms with Crippen LogP contribution in [-0.4, -0.2) is 111 Å². The number of ether oxygens (including phenoxy) is 3. The quantitative estimate of drug-likeness (QED) is 0.364. The Hall–Kier alpha value is -2.50. The van der Waals surface area contributed by atoms with Crippen LogP contribution in [0.2, 0.25) is 0 Å². The monoisotopic (exact) mass is 576 g/mol. The Kier molecular flexibility index (Phi) is 9.98. The van der Waals surface area contributed by atoms with Gasteiger partial charge in [-0.3, -0.25) is 4.90 Å². The lowest BCUT2D eigenvalue weighted by Crippen LogP contribution is -2.44. The molecule has 0 aliphatic carbocycles. The average Bonchev–Trinajstić information content (AvgIpc) is 3.51. The minimum Gasteiger partial charge on any atom is -0.493 e. The molecule has 0 spiro atoms. The van der Waals surface area contributed by atoms with Crippen molar-refractivity contribution >= 4 is 22.7 Å². The number of alkyl halides is 2. The second-order valence-electron chi connectivity index (χ2n) is 11.7. The fraction of sp³-hybridized carbons (Fsp3) is 0.733. The molecule has 1 N–H and O–H groups in total. The number of nitrogens with one attached hydrogen (secondary N) is 1. The van der Waals surface area contributed by atoms with Crippen molar-refractivity contribution in [1.29, 1.82) is 0 Å². The molecule has 5 rings (SSSR count). The molecule has 3 aliphatic rings. The molecule has 41 heavy (non-hydrogen) atoms. The molecule has 0 amide bonds. The number of rotatable bonds is 12. The zero-order valence-corrected chi connectivity index (χ0v) is 24.8. The number of halogens is 2. The highest BCUT2D eigenvalue weighted by Crippen LogP contribution is 2.37. The van der Waals surface area contributed by atoms with E-state index < -0.39 is 5.92 Å². The van der Waals surface area contributed by atoms with Gasteiger partial charge in [-0.05, 0) is 58.2 Å². The Morgan fingerprint density at radius 1 is 1.00 bits per heavy atom. The van der Waals surface area contributed by atoms with Crippen LogP contribution in [0, 0.1) is 0 Å². The smallest absolute Gasteiger partial charge is 0.251 e. The summed E-state index contributed by atoms with van der Waals surface area (Å²) in [5.41, 5.74) is 0.707. The Balaban J connectivity index is 1.35. The van der Waals surface area contributed by atoms with Gasteiger partial charge in [0.15, 0.2) is 11.5 Å². The van der Waals surface area contributed by atoms with Crippen LogP contribution in [0.25, 0.3) is 10.9 Å². The Morgan fingerprint density at radius 3 is 2.41 bits per heavy atom. The fourth-order valence-corrected chi connectivity index (χ4v) is 6.11. The number of likely N-dealkylation sites (tertiary alicyclic amines) is 2. The van der Waals surface area contributed by atoms with E-state index >= 15 is 0 Å². The standard InChI is InChI=1S/C30H46F2N6O3/c1-22(37-14-7-23(39-2)8-15-37)21-33-28-24-19-26(40-3)27(41-18-6-13-36-11-4-5-12-36)20-25(24)34-29(35-28)38-16-9-30(31,32)10-17-38/h19-20,22-23H,4-18,21H2,1-3H3,(H,33,34,35). The Morgan fingerprint density at radius 2 is 1.73 bits per heavy atom. The molecular formula is C30H46F2N6O3. The average molecular weight is 577 g/mol. The van der Waals surface area contributed by atoms with Crippen LogP contribution in [-0.2, 0) is 4.74 Å². The Bertz CT molecular complexity index is 1130. The maximum atomic E-state index is 13.9. The third-order valence-electron chi connectivity index (χ3n) is 8.82. The lowest BCUT2D eigenvalue weighted by Gasteiger charge is -2.35. The second-order valence-corrected chi connectivity index (χ2v) is 11.7. The first-order valence-corrected chi connectivity index (χ1v) is 15.2. The Labute approximate surface area is 242 Å². The van der Waals surface area contributed by atoms with Crippen LogP contribution in [0.1, 0.15) is 51.9 Å². The van der Waals surface area contributed by atoms with E-state index in [1.165, 1.54) is 25.9 Å². The molecule has 3 saturated heterocycles. The van der Waals surface area contributed by atoms with E-state index in [9.17, 15) is 8.78 Å². The molecule has 4 heterocycles. The molecule has 3 aliphatic heterocycles.